The molecule has 0 aromatic heterocycles. The molecule has 0 saturated heterocycles. The highest BCUT2D eigenvalue weighted by Gasteiger charge is 2.02. The number of methoxy groups -OCH3 is 1. The van der Waals surface area contributed by atoms with Crippen molar-refractivity contribution in [1.82, 2.24) is 0 Å². The molecule has 0 aliphatic heterocycles. The Morgan fingerprint density at radius 3 is 1.41 bits per heavy atom. The number of aliphatic hydroxyl groups excluding tert-OH is 1. The van der Waals surface area contributed by atoms with Gasteiger partial charge in [0.15, 0.2) is 11.5 Å². The number of carbonyl (C=O) groups is 1. The van der Waals surface area contributed by atoms with Crippen LogP contribution in [-0.2, 0) is 9.53 Å². The molecule has 0 fully saturated rings. The van der Waals surface area contributed by atoms with Crippen LogP contribution in [0.1, 0.15) is 160 Å². The molecule has 1 aromatic rings. The van der Waals surface area contributed by atoms with Crippen molar-refractivity contribution in [2.24, 2.45) is 0 Å². The minimum Gasteiger partial charge on any atom is -0.504 e. The molecular formula is C36H62O5. The number of phenolic OH excluding ortho intramolecular Hbond substituents is 1. The maximum Gasteiger partial charge on any atom is 0.330 e. The molecule has 1 aromatic carbocycles. The van der Waals surface area contributed by atoms with Gasteiger partial charge in [-0.3, -0.25) is 0 Å². The Bertz CT molecular complexity index is 760. The van der Waals surface area contributed by atoms with E-state index < -0.39 is 0 Å². The van der Waals surface area contributed by atoms with Gasteiger partial charge in [0, 0.05) is 12.7 Å². The lowest BCUT2D eigenvalue weighted by Crippen LogP contribution is -2.02. The number of esters is 1. The summed E-state index contributed by atoms with van der Waals surface area (Å²) in [6.07, 6.45) is 34.9. The average Bonchev–Trinajstić information content (AvgIpc) is 2.98. The molecule has 0 bridgehead atoms. The van der Waals surface area contributed by atoms with Gasteiger partial charge < -0.3 is 19.7 Å². The first-order valence-corrected chi connectivity index (χ1v) is 17.0. The molecule has 2 N–H and O–H groups in total. The van der Waals surface area contributed by atoms with Crippen LogP contribution in [0.25, 0.3) is 6.08 Å². The molecule has 0 aliphatic carbocycles. The van der Waals surface area contributed by atoms with Crippen LogP contribution in [0.2, 0.25) is 0 Å². The maximum atomic E-state index is 11.9. The van der Waals surface area contributed by atoms with Gasteiger partial charge in [-0.1, -0.05) is 147 Å². The number of aliphatic hydroxyl groups is 1. The fourth-order valence-corrected chi connectivity index (χ4v) is 5.29. The Hall–Kier alpha value is -2.01. The van der Waals surface area contributed by atoms with E-state index in [9.17, 15) is 9.90 Å². The largest absolute Gasteiger partial charge is 0.504 e. The Morgan fingerprint density at radius 1 is 0.634 bits per heavy atom. The molecule has 0 saturated carbocycles. The second-order valence-electron chi connectivity index (χ2n) is 11.6. The maximum absolute atomic E-state index is 11.9. The molecular weight excluding hydrogens is 512 g/mol. The molecule has 0 heterocycles. The molecule has 0 aliphatic rings. The monoisotopic (exact) mass is 574 g/mol. The number of ether oxygens (including phenoxy) is 2. The molecule has 0 unspecified atom stereocenters. The lowest BCUT2D eigenvalue weighted by atomic mass is 10.0. The standard InChI is InChI=1S/C36H62O5/c1-40-35-32-33(26-28-34(35)38)27-29-36(39)41-31-25-23-21-19-17-15-13-11-9-7-5-3-2-4-6-8-10-12-14-16-18-20-22-24-30-37/h26-29,32,37-38H,2-25,30-31H2,1H3/b29-27+. The van der Waals surface area contributed by atoms with E-state index >= 15 is 0 Å². The highest BCUT2D eigenvalue weighted by Crippen LogP contribution is 2.26. The van der Waals surface area contributed by atoms with E-state index in [1.54, 1.807) is 24.3 Å². The Morgan fingerprint density at radius 2 is 1.02 bits per heavy atom. The Labute approximate surface area is 252 Å². The fourth-order valence-electron chi connectivity index (χ4n) is 5.29. The average molecular weight is 575 g/mol. The van der Waals surface area contributed by atoms with Crippen molar-refractivity contribution in [2.75, 3.05) is 20.3 Å². The highest BCUT2D eigenvalue weighted by molar-refractivity contribution is 5.87. The molecule has 236 valence electrons. The van der Waals surface area contributed by atoms with Crippen molar-refractivity contribution >= 4 is 12.0 Å². The molecule has 0 spiro atoms. The van der Waals surface area contributed by atoms with E-state index in [1.807, 2.05) is 0 Å². The first-order chi connectivity index (χ1) is 20.2. The minimum atomic E-state index is -0.337. The van der Waals surface area contributed by atoms with E-state index in [-0.39, 0.29) is 11.7 Å². The number of phenols is 1. The summed E-state index contributed by atoms with van der Waals surface area (Å²) in [4.78, 5) is 11.9. The molecule has 0 amide bonds. The van der Waals surface area contributed by atoms with E-state index in [0.717, 1.165) is 24.8 Å². The van der Waals surface area contributed by atoms with Crippen molar-refractivity contribution < 1.29 is 24.5 Å². The van der Waals surface area contributed by atoms with Crippen molar-refractivity contribution in [3.8, 4) is 11.5 Å². The van der Waals surface area contributed by atoms with E-state index in [0.29, 0.717) is 19.0 Å². The Balaban J connectivity index is 1.76. The van der Waals surface area contributed by atoms with Crippen LogP contribution in [0.4, 0.5) is 0 Å². The summed E-state index contributed by atoms with van der Waals surface area (Å²) in [5, 5.41) is 18.4. The van der Waals surface area contributed by atoms with Crippen LogP contribution in [0.3, 0.4) is 0 Å². The summed E-state index contributed by atoms with van der Waals surface area (Å²) in [6, 6.07) is 4.94. The molecule has 0 radical (unpaired) electrons. The third kappa shape index (κ3) is 23.3. The first kappa shape index (κ1) is 37.0. The summed E-state index contributed by atoms with van der Waals surface area (Å²) in [6.45, 7) is 0.825. The quantitative estimate of drug-likeness (QED) is 0.0565. The second-order valence-corrected chi connectivity index (χ2v) is 11.6. The van der Waals surface area contributed by atoms with Gasteiger partial charge >= 0.3 is 5.97 Å². The first-order valence-electron chi connectivity index (χ1n) is 17.0. The van der Waals surface area contributed by atoms with Crippen LogP contribution in [0, 0.1) is 0 Å². The minimum absolute atomic E-state index is 0.0780. The van der Waals surface area contributed by atoms with Crippen molar-refractivity contribution in [2.45, 2.75) is 154 Å². The van der Waals surface area contributed by atoms with Gasteiger partial charge in [0.05, 0.1) is 13.7 Å². The summed E-state index contributed by atoms with van der Waals surface area (Å²) in [5.41, 5.74) is 0.775. The third-order valence-electron chi connectivity index (χ3n) is 7.91. The number of aromatic hydroxyl groups is 1. The number of hydrogen-bond acceptors (Lipinski definition) is 5. The van der Waals surface area contributed by atoms with Crippen LogP contribution < -0.4 is 4.74 Å². The predicted molar refractivity (Wildman–Crippen MR) is 173 cm³/mol. The SMILES string of the molecule is COc1cc(/C=C/C(=O)OCCCCCCCCCCCCCCCCCCCCCCCCCCO)ccc1O. The summed E-state index contributed by atoms with van der Waals surface area (Å²) >= 11 is 0. The molecule has 1 rings (SSSR count). The number of hydrogen-bond donors (Lipinski definition) is 2. The van der Waals surface area contributed by atoms with Crippen LogP contribution in [0.15, 0.2) is 24.3 Å². The van der Waals surface area contributed by atoms with Crippen LogP contribution in [0.5, 0.6) is 11.5 Å². The zero-order chi connectivity index (χ0) is 29.6. The van der Waals surface area contributed by atoms with Gasteiger partial charge in [0.2, 0.25) is 0 Å². The summed E-state index contributed by atoms with van der Waals surface area (Å²) in [7, 11) is 1.50. The van der Waals surface area contributed by atoms with E-state index in [2.05, 4.69) is 0 Å². The summed E-state index contributed by atoms with van der Waals surface area (Å²) in [5.74, 6) is 0.123. The van der Waals surface area contributed by atoms with Gasteiger partial charge in [0.1, 0.15) is 0 Å². The predicted octanol–water partition coefficient (Wildman–Crippen LogP) is 10.3. The topological polar surface area (TPSA) is 76.0 Å². The van der Waals surface area contributed by atoms with Crippen molar-refractivity contribution in [3.05, 3.63) is 29.8 Å². The third-order valence-corrected chi connectivity index (χ3v) is 7.91. The van der Waals surface area contributed by atoms with Crippen molar-refractivity contribution in [3.63, 3.8) is 0 Å². The normalized spacial score (nSPS) is 11.4. The fraction of sp³-hybridized carbons (Fsp3) is 0.750. The van der Waals surface area contributed by atoms with Gasteiger partial charge in [0.25, 0.3) is 0 Å². The van der Waals surface area contributed by atoms with Gasteiger partial charge in [-0.05, 0) is 36.6 Å². The number of rotatable bonds is 29. The molecule has 5 heteroatoms. The molecule has 0 atom stereocenters. The lowest BCUT2D eigenvalue weighted by Gasteiger charge is -2.05. The molecule has 41 heavy (non-hydrogen) atoms. The second kappa shape index (κ2) is 28.1. The van der Waals surface area contributed by atoms with Crippen LogP contribution >= 0.6 is 0 Å². The van der Waals surface area contributed by atoms with Crippen LogP contribution in [-0.4, -0.2) is 36.5 Å². The lowest BCUT2D eigenvalue weighted by molar-refractivity contribution is -0.137. The van der Waals surface area contributed by atoms with Gasteiger partial charge in [-0.25, -0.2) is 4.79 Å². The number of benzene rings is 1. The smallest absolute Gasteiger partial charge is 0.330 e. The highest BCUT2D eigenvalue weighted by atomic mass is 16.5. The van der Waals surface area contributed by atoms with Crippen molar-refractivity contribution in [1.29, 1.82) is 0 Å². The summed E-state index contributed by atoms with van der Waals surface area (Å²) < 4.78 is 10.4. The van der Waals surface area contributed by atoms with Gasteiger partial charge in [-0.15, -0.1) is 0 Å². The molecule has 5 nitrogen and oxygen atoms in total. The van der Waals surface area contributed by atoms with E-state index in [1.165, 1.54) is 148 Å². The van der Waals surface area contributed by atoms with E-state index in [4.69, 9.17) is 14.6 Å². The zero-order valence-electron chi connectivity index (χ0n) is 26.4. The number of unbranched alkanes of at least 4 members (excludes halogenated alkanes) is 23. The number of carbonyl (C=O) groups excluding carboxylic acids is 1. The van der Waals surface area contributed by atoms with Gasteiger partial charge in [-0.2, -0.15) is 0 Å². The Kier molecular flexibility index (Phi) is 25.4. The zero-order valence-corrected chi connectivity index (χ0v) is 26.4.